The van der Waals surface area contributed by atoms with E-state index in [9.17, 15) is 48.3 Å². The Kier molecular flexibility index (Phi) is 34.1. The number of unbranched alkanes of at least 4 members (excludes halogenated alkanes) is 15. The highest BCUT2D eigenvalue weighted by Crippen LogP contribution is 2.60. The van der Waals surface area contributed by atoms with E-state index in [0.29, 0.717) is 12.8 Å². The number of hydrogen-bond acceptors (Lipinski definition) is 16. The Hall–Kier alpha value is -3.61. The largest absolute Gasteiger partial charge is 0.481 e. The Bertz CT molecular complexity index is 1970. The minimum atomic E-state index is -5.48. The van der Waals surface area contributed by atoms with Gasteiger partial charge in [0.25, 0.3) is 0 Å². The summed E-state index contributed by atoms with van der Waals surface area (Å²) in [5.74, 6) is -1.01. The third kappa shape index (κ3) is 31.2. The molecule has 0 spiro atoms. The molecule has 2 heterocycles. The van der Waals surface area contributed by atoms with E-state index in [0.717, 1.165) is 55.2 Å². The van der Waals surface area contributed by atoms with Crippen molar-refractivity contribution in [1.82, 2.24) is 9.55 Å². The molecule has 0 amide bonds. The Morgan fingerprint density at radius 1 is 0.750 bits per heavy atom. The zero-order chi connectivity index (χ0) is 53.0. The first-order chi connectivity index (χ1) is 34.4. The third-order valence-electron chi connectivity index (χ3n) is 11.6. The average molecular weight is 1060 g/mol. The second kappa shape index (κ2) is 38.0. The predicted octanol–water partition coefficient (Wildman–Crippen LogP) is 9.98. The van der Waals surface area contributed by atoms with E-state index in [1.807, 2.05) is 12.2 Å². The molecule has 1 saturated heterocycles. The summed E-state index contributed by atoms with van der Waals surface area (Å²) in [6, 6.07) is 1.23. The van der Waals surface area contributed by atoms with Gasteiger partial charge >= 0.3 is 33.3 Å². The number of phosphoric acid groups is 2. The number of ether oxygens (including phenoxy) is 3. The number of aromatic nitrogens is 2. The fourth-order valence-corrected chi connectivity index (χ4v) is 9.62. The van der Waals surface area contributed by atoms with Crippen LogP contribution in [-0.4, -0.2) is 91.5 Å². The zero-order valence-corrected chi connectivity index (χ0v) is 44.7. The van der Waals surface area contributed by atoms with Crippen LogP contribution in [0.2, 0.25) is 0 Å². The zero-order valence-electron chi connectivity index (χ0n) is 42.9. The van der Waals surface area contributed by atoms with Gasteiger partial charge in [0.1, 0.15) is 30.7 Å². The number of carbonyl (C=O) groups excluding carboxylic acids is 3. The number of nitrogens with zero attached hydrogens (tertiary/aromatic N) is 2. The van der Waals surface area contributed by atoms with Gasteiger partial charge in [-0.15, -0.1) is 0 Å². The Morgan fingerprint density at radius 3 is 1.99 bits per heavy atom. The van der Waals surface area contributed by atoms with Crippen LogP contribution in [0.5, 0.6) is 0 Å². The van der Waals surface area contributed by atoms with Gasteiger partial charge in [0.15, 0.2) is 18.1 Å². The number of aliphatic hydroxyl groups is 2. The minimum absolute atomic E-state index is 0.0178. The van der Waals surface area contributed by atoms with Gasteiger partial charge in [0.2, 0.25) is 0 Å². The number of nitrogens with two attached hydrogens (primary N) is 1. The van der Waals surface area contributed by atoms with Crippen molar-refractivity contribution in [2.75, 3.05) is 25.6 Å². The number of esters is 2. The molecule has 410 valence electrons. The monoisotopic (exact) mass is 1060 g/mol. The second-order valence-corrected chi connectivity index (χ2v) is 21.6. The quantitative estimate of drug-likeness (QED) is 0.0102. The number of allylic oxidation sites excluding steroid dienone is 8. The summed E-state index contributed by atoms with van der Waals surface area (Å²) in [6.45, 7) is 4.21. The Labute approximate surface area is 426 Å². The molecule has 2 rings (SSSR count). The molecule has 1 aliphatic heterocycles. The average Bonchev–Trinajstić information content (AvgIpc) is 3.60. The first-order valence-electron chi connectivity index (χ1n) is 26.0. The second-order valence-electron chi connectivity index (χ2n) is 18.5. The van der Waals surface area contributed by atoms with E-state index in [1.54, 1.807) is 12.2 Å². The van der Waals surface area contributed by atoms with Crippen molar-refractivity contribution >= 4 is 39.2 Å². The van der Waals surface area contributed by atoms with Crippen molar-refractivity contribution in [2.45, 2.75) is 206 Å². The number of phosphoric ester groups is 2. The number of carbonyl (C=O) groups is 3. The molecule has 2 unspecified atom stereocenters. The lowest BCUT2D eigenvalue weighted by atomic mass is 10.0. The lowest BCUT2D eigenvalue weighted by Crippen LogP contribution is -2.36. The van der Waals surface area contributed by atoms with Crippen LogP contribution in [0.3, 0.4) is 0 Å². The molecule has 72 heavy (non-hydrogen) atoms. The SMILES string of the molecule is CCCCC/C=C\C/C=C\C/C=C\C=C\C(=O)CCCC(=O)O[C@H](COC(=O)CCCCCCCCCCCCCCCC(C)C)COP(=O)(O)OP(=O)(O)OC[C@H]1O[C@@H](n2ccc(N)nc2=O)[C@H](O)[C@@H]1O. The van der Waals surface area contributed by atoms with E-state index < -0.39 is 83.7 Å². The van der Waals surface area contributed by atoms with E-state index in [-0.39, 0.29) is 37.3 Å². The van der Waals surface area contributed by atoms with Crippen LogP contribution in [0.4, 0.5) is 5.82 Å². The van der Waals surface area contributed by atoms with Crippen LogP contribution in [0, 0.1) is 5.92 Å². The highest BCUT2D eigenvalue weighted by molar-refractivity contribution is 7.61. The molecule has 1 aromatic heterocycles. The lowest BCUT2D eigenvalue weighted by molar-refractivity contribution is -0.161. The molecule has 21 heteroatoms. The summed E-state index contributed by atoms with van der Waals surface area (Å²) >= 11 is 0. The molecule has 0 aliphatic carbocycles. The fraction of sp³-hybridized carbons (Fsp3) is 0.706. The first kappa shape index (κ1) is 64.5. The molecule has 0 radical (unpaired) electrons. The van der Waals surface area contributed by atoms with Crippen molar-refractivity contribution in [3.8, 4) is 0 Å². The maximum atomic E-state index is 12.9. The molecule has 0 bridgehead atoms. The normalized spacial score (nSPS) is 19.4. The van der Waals surface area contributed by atoms with Crippen LogP contribution in [-0.2, 0) is 51.1 Å². The van der Waals surface area contributed by atoms with Gasteiger partial charge in [-0.25, -0.2) is 13.9 Å². The lowest BCUT2D eigenvalue weighted by Gasteiger charge is -2.21. The third-order valence-corrected chi connectivity index (χ3v) is 14.2. The minimum Gasteiger partial charge on any atom is -0.462 e. The van der Waals surface area contributed by atoms with Gasteiger partial charge < -0.3 is 39.9 Å². The van der Waals surface area contributed by atoms with Gasteiger partial charge in [-0.1, -0.05) is 160 Å². The molecule has 19 nitrogen and oxygen atoms in total. The Balaban J connectivity index is 1.85. The van der Waals surface area contributed by atoms with Crippen LogP contribution in [0.15, 0.2) is 65.7 Å². The maximum absolute atomic E-state index is 12.9. The van der Waals surface area contributed by atoms with Gasteiger partial charge in [-0.2, -0.15) is 9.29 Å². The summed E-state index contributed by atoms with van der Waals surface area (Å²) in [4.78, 5) is 74.3. The highest BCUT2D eigenvalue weighted by Gasteiger charge is 2.46. The van der Waals surface area contributed by atoms with Crippen molar-refractivity contribution in [3.63, 3.8) is 0 Å². The molecular formula is C51H85N3O16P2. The number of hydrogen-bond donors (Lipinski definition) is 5. The van der Waals surface area contributed by atoms with Crippen molar-refractivity contribution < 1.29 is 71.1 Å². The molecule has 6 N–H and O–H groups in total. The molecule has 0 aromatic carbocycles. The van der Waals surface area contributed by atoms with Gasteiger partial charge in [-0.3, -0.25) is 28.0 Å². The first-order valence-corrected chi connectivity index (χ1v) is 29.0. The van der Waals surface area contributed by atoms with Crippen LogP contribution in [0.1, 0.15) is 181 Å². The molecule has 1 fully saturated rings. The van der Waals surface area contributed by atoms with Gasteiger partial charge in [0, 0.05) is 25.5 Å². The topological polar surface area (TPSA) is 283 Å². The van der Waals surface area contributed by atoms with Crippen molar-refractivity contribution in [2.24, 2.45) is 5.92 Å². The summed E-state index contributed by atoms with van der Waals surface area (Å²) < 4.78 is 56.5. The molecule has 1 aromatic rings. The fourth-order valence-electron chi connectivity index (χ4n) is 7.51. The predicted molar refractivity (Wildman–Crippen MR) is 275 cm³/mol. The van der Waals surface area contributed by atoms with Gasteiger partial charge in [0.05, 0.1) is 13.2 Å². The number of ketones is 1. The van der Waals surface area contributed by atoms with E-state index in [2.05, 4.69) is 48.3 Å². The Morgan fingerprint density at radius 2 is 1.35 bits per heavy atom. The van der Waals surface area contributed by atoms with E-state index in [4.69, 9.17) is 29.0 Å². The highest BCUT2D eigenvalue weighted by atomic mass is 31.3. The molecule has 7 atom stereocenters. The van der Waals surface area contributed by atoms with Crippen LogP contribution in [0.25, 0.3) is 0 Å². The van der Waals surface area contributed by atoms with Crippen molar-refractivity contribution in [3.05, 3.63) is 71.4 Å². The standard InChI is InChI=1S/C51H85N3O16P2/c1-4-5-6-7-8-9-10-12-16-19-22-25-28-32-42(55)33-30-35-47(57)68-43(38-65-46(56)34-29-26-23-20-17-14-11-13-15-18-21-24-27-31-41(2)3)39-66-71(61,62)70-72(63,64)67-40-44-48(58)49(59)50(69-44)54-37-36-45(52)53-51(54)60/h8-9,12,16,22,25,28,32,36-37,41,43-44,48-50,58-59H,4-7,10-11,13-15,17-21,23-24,26-27,29-31,33-35,38-40H2,1-3H3,(H,61,62)(H,63,64)(H2,52,53,60)/b9-8-,16-12-,25-22-,32-28+/t43-,44-,48-,49-,50-/m1/s1. The molecular weight excluding hydrogens is 973 g/mol. The van der Waals surface area contributed by atoms with Gasteiger partial charge in [-0.05, 0) is 56.6 Å². The summed E-state index contributed by atoms with van der Waals surface area (Å²) in [6.07, 6.45) is 30.6. The van der Waals surface area contributed by atoms with Crippen molar-refractivity contribution in [1.29, 1.82) is 0 Å². The summed E-state index contributed by atoms with van der Waals surface area (Å²) in [7, 11) is -11.0. The molecule has 0 saturated carbocycles. The smallest absolute Gasteiger partial charge is 0.462 e. The number of anilines is 1. The number of rotatable bonds is 42. The summed E-state index contributed by atoms with van der Waals surface area (Å²) in [5, 5.41) is 20.9. The van der Waals surface area contributed by atoms with E-state index >= 15 is 0 Å². The molecule has 1 aliphatic rings. The van der Waals surface area contributed by atoms with E-state index in [1.165, 1.54) is 89.2 Å². The number of nitrogen functional groups attached to an aromatic ring is 1. The van der Waals surface area contributed by atoms with Crippen LogP contribution >= 0.6 is 15.6 Å². The maximum Gasteiger partial charge on any atom is 0.481 e. The number of aliphatic hydroxyl groups excluding tert-OH is 2. The van der Waals surface area contributed by atoms with Crippen LogP contribution < -0.4 is 11.4 Å². The summed E-state index contributed by atoms with van der Waals surface area (Å²) in [5.41, 5.74) is 4.57.